The maximum atomic E-state index is 12.0. The van der Waals surface area contributed by atoms with Gasteiger partial charge in [0, 0.05) is 5.02 Å². The van der Waals surface area contributed by atoms with Crippen molar-refractivity contribution in [3.63, 3.8) is 0 Å². The molecule has 0 saturated heterocycles. The summed E-state index contributed by atoms with van der Waals surface area (Å²) < 4.78 is 17.0. The molecule has 0 unspecified atom stereocenters. The maximum Gasteiger partial charge on any atom is 0.277 e. The van der Waals surface area contributed by atoms with Crippen LogP contribution in [0.5, 0.6) is 17.2 Å². The van der Waals surface area contributed by atoms with Crippen molar-refractivity contribution >= 4 is 23.7 Å². The van der Waals surface area contributed by atoms with Gasteiger partial charge >= 0.3 is 0 Å². The van der Waals surface area contributed by atoms with Gasteiger partial charge in [0.1, 0.15) is 12.4 Å². The van der Waals surface area contributed by atoms with E-state index in [4.69, 9.17) is 25.8 Å². The van der Waals surface area contributed by atoms with Gasteiger partial charge in [-0.05, 0) is 73.0 Å². The minimum absolute atomic E-state index is 0.123. The first-order chi connectivity index (χ1) is 15.5. The molecule has 32 heavy (non-hydrogen) atoms. The van der Waals surface area contributed by atoms with Crippen molar-refractivity contribution in [2.75, 3.05) is 13.2 Å². The van der Waals surface area contributed by atoms with Crippen molar-refractivity contribution in [1.29, 1.82) is 0 Å². The summed E-state index contributed by atoms with van der Waals surface area (Å²) in [5.41, 5.74) is 5.27. The number of benzene rings is 3. The van der Waals surface area contributed by atoms with Crippen LogP contribution >= 0.6 is 11.6 Å². The van der Waals surface area contributed by atoms with Gasteiger partial charge in [-0.2, -0.15) is 5.10 Å². The lowest BCUT2D eigenvalue weighted by Gasteiger charge is -2.12. The van der Waals surface area contributed by atoms with Gasteiger partial charge in [0.05, 0.1) is 12.8 Å². The van der Waals surface area contributed by atoms with Gasteiger partial charge in [0.2, 0.25) is 0 Å². The SMILES string of the molecule is CCOc1cc(/C=N\NC(=O)COc2cccc(C)c2)ccc1OCc1ccc(Cl)cc1. The average molecular weight is 453 g/mol. The average Bonchev–Trinajstić information content (AvgIpc) is 2.78. The van der Waals surface area contributed by atoms with E-state index >= 15 is 0 Å². The fraction of sp³-hybridized carbons (Fsp3) is 0.200. The summed E-state index contributed by atoms with van der Waals surface area (Å²) in [5, 5.41) is 4.67. The van der Waals surface area contributed by atoms with Gasteiger partial charge < -0.3 is 14.2 Å². The molecule has 0 bridgehead atoms. The van der Waals surface area contributed by atoms with Crippen LogP contribution in [0, 0.1) is 6.92 Å². The van der Waals surface area contributed by atoms with Crippen LogP contribution in [0.1, 0.15) is 23.6 Å². The highest BCUT2D eigenvalue weighted by molar-refractivity contribution is 6.30. The Kier molecular flexibility index (Phi) is 8.52. The molecular weight excluding hydrogens is 428 g/mol. The monoisotopic (exact) mass is 452 g/mol. The van der Waals surface area contributed by atoms with Crippen LogP contribution in [0.2, 0.25) is 5.02 Å². The number of ether oxygens (including phenoxy) is 3. The fourth-order valence-electron chi connectivity index (χ4n) is 2.80. The second-order valence-electron chi connectivity index (χ2n) is 6.95. The van der Waals surface area contributed by atoms with E-state index in [0.29, 0.717) is 35.5 Å². The number of nitrogens with zero attached hydrogens (tertiary/aromatic N) is 1. The van der Waals surface area contributed by atoms with Crippen molar-refractivity contribution in [2.24, 2.45) is 5.10 Å². The van der Waals surface area contributed by atoms with Crippen molar-refractivity contribution in [1.82, 2.24) is 5.43 Å². The fourth-order valence-corrected chi connectivity index (χ4v) is 2.93. The summed E-state index contributed by atoms with van der Waals surface area (Å²) in [5.74, 6) is 1.50. The molecule has 6 nitrogen and oxygen atoms in total. The summed E-state index contributed by atoms with van der Waals surface area (Å²) in [4.78, 5) is 12.0. The van der Waals surface area contributed by atoms with Crippen LogP contribution in [0.4, 0.5) is 0 Å². The zero-order valence-electron chi connectivity index (χ0n) is 18.0. The Balaban J connectivity index is 1.54. The molecule has 0 saturated carbocycles. The van der Waals surface area contributed by atoms with Crippen LogP contribution in [-0.2, 0) is 11.4 Å². The van der Waals surface area contributed by atoms with Gasteiger partial charge in [0.15, 0.2) is 18.1 Å². The standard InChI is InChI=1S/C25H25ClN2O4/c1-3-30-24-14-20(9-12-23(24)32-16-19-7-10-21(26)11-8-19)15-27-28-25(29)17-31-22-6-4-5-18(2)13-22/h4-15H,3,16-17H2,1-2H3,(H,28,29)/b27-15-. The van der Waals surface area contributed by atoms with E-state index in [1.165, 1.54) is 6.21 Å². The third kappa shape index (κ3) is 7.32. The number of aryl methyl sites for hydroxylation is 1. The molecule has 3 aromatic rings. The molecule has 0 radical (unpaired) electrons. The predicted octanol–water partition coefficient (Wildman–Crippen LogP) is 5.16. The molecule has 3 aromatic carbocycles. The van der Waals surface area contributed by atoms with Crippen molar-refractivity contribution in [2.45, 2.75) is 20.5 Å². The molecule has 0 spiro atoms. The molecule has 0 heterocycles. The van der Waals surface area contributed by atoms with Gasteiger partial charge in [-0.1, -0.05) is 35.9 Å². The first kappa shape index (κ1) is 23.2. The third-order valence-corrected chi connectivity index (χ3v) is 4.59. The molecule has 0 aliphatic rings. The van der Waals surface area contributed by atoms with Gasteiger partial charge in [0.25, 0.3) is 5.91 Å². The number of carbonyl (C=O) groups excluding carboxylic acids is 1. The number of amides is 1. The molecule has 7 heteroatoms. The topological polar surface area (TPSA) is 69.2 Å². The Morgan fingerprint density at radius 2 is 1.81 bits per heavy atom. The molecule has 166 valence electrons. The minimum Gasteiger partial charge on any atom is -0.490 e. The second-order valence-corrected chi connectivity index (χ2v) is 7.39. The lowest BCUT2D eigenvalue weighted by atomic mass is 10.2. The Morgan fingerprint density at radius 1 is 1.00 bits per heavy atom. The third-order valence-electron chi connectivity index (χ3n) is 4.34. The number of hydrogen-bond donors (Lipinski definition) is 1. The molecule has 0 fully saturated rings. The lowest BCUT2D eigenvalue weighted by molar-refractivity contribution is -0.123. The van der Waals surface area contributed by atoms with Crippen molar-refractivity contribution in [3.05, 3.63) is 88.4 Å². The highest BCUT2D eigenvalue weighted by Crippen LogP contribution is 2.29. The molecule has 0 aromatic heterocycles. The molecule has 0 aliphatic carbocycles. The second kappa shape index (κ2) is 11.8. The molecular formula is C25H25ClN2O4. The Bertz CT molecular complexity index is 1070. The van der Waals surface area contributed by atoms with Crippen LogP contribution < -0.4 is 19.6 Å². The molecule has 3 rings (SSSR count). The summed E-state index contributed by atoms with van der Waals surface area (Å²) in [7, 11) is 0. The largest absolute Gasteiger partial charge is 0.490 e. The quantitative estimate of drug-likeness (QED) is 0.341. The molecule has 1 amide bonds. The molecule has 0 aliphatic heterocycles. The number of hydrazone groups is 1. The van der Waals surface area contributed by atoms with E-state index in [0.717, 1.165) is 16.7 Å². The summed E-state index contributed by atoms with van der Waals surface area (Å²) in [6, 6.07) is 20.4. The van der Waals surface area contributed by atoms with Gasteiger partial charge in [-0.15, -0.1) is 0 Å². The van der Waals surface area contributed by atoms with Crippen LogP contribution in [0.15, 0.2) is 71.8 Å². The number of rotatable bonds is 10. The summed E-state index contributed by atoms with van der Waals surface area (Å²) in [6.07, 6.45) is 1.54. The number of halogens is 1. The highest BCUT2D eigenvalue weighted by Gasteiger charge is 2.07. The number of hydrogen-bond acceptors (Lipinski definition) is 5. The molecule has 1 N–H and O–H groups in total. The maximum absolute atomic E-state index is 12.0. The van der Waals surface area contributed by atoms with E-state index in [-0.39, 0.29) is 12.5 Å². The van der Waals surface area contributed by atoms with E-state index in [1.807, 2.05) is 68.4 Å². The van der Waals surface area contributed by atoms with Crippen LogP contribution in [0.25, 0.3) is 0 Å². The summed E-state index contributed by atoms with van der Waals surface area (Å²) >= 11 is 5.92. The zero-order chi connectivity index (χ0) is 22.8. The first-order valence-corrected chi connectivity index (χ1v) is 10.6. The van der Waals surface area contributed by atoms with E-state index in [2.05, 4.69) is 10.5 Å². The first-order valence-electron chi connectivity index (χ1n) is 10.2. The van der Waals surface area contributed by atoms with Crippen molar-refractivity contribution < 1.29 is 19.0 Å². The lowest BCUT2D eigenvalue weighted by Crippen LogP contribution is -2.24. The van der Waals surface area contributed by atoms with E-state index in [1.54, 1.807) is 12.1 Å². The Morgan fingerprint density at radius 3 is 2.56 bits per heavy atom. The highest BCUT2D eigenvalue weighted by atomic mass is 35.5. The zero-order valence-corrected chi connectivity index (χ0v) is 18.8. The summed E-state index contributed by atoms with van der Waals surface area (Å²) in [6.45, 7) is 4.62. The van der Waals surface area contributed by atoms with E-state index in [9.17, 15) is 4.79 Å². The predicted molar refractivity (Wildman–Crippen MR) is 126 cm³/mol. The van der Waals surface area contributed by atoms with Crippen LogP contribution in [0.3, 0.4) is 0 Å². The van der Waals surface area contributed by atoms with Crippen molar-refractivity contribution in [3.8, 4) is 17.2 Å². The number of nitrogens with one attached hydrogen (secondary N) is 1. The van der Waals surface area contributed by atoms with Gasteiger partial charge in [-0.3, -0.25) is 4.79 Å². The Labute approximate surface area is 192 Å². The normalized spacial score (nSPS) is 10.7. The smallest absolute Gasteiger partial charge is 0.277 e. The van der Waals surface area contributed by atoms with Crippen LogP contribution in [-0.4, -0.2) is 25.3 Å². The number of carbonyl (C=O) groups is 1. The molecule has 0 atom stereocenters. The minimum atomic E-state index is -0.351. The van der Waals surface area contributed by atoms with Gasteiger partial charge in [-0.25, -0.2) is 5.43 Å². The Hall–Kier alpha value is -3.51. The van der Waals surface area contributed by atoms with E-state index < -0.39 is 0 Å².